The Bertz CT molecular complexity index is 1030. The van der Waals surface area contributed by atoms with Crippen molar-refractivity contribution in [2.75, 3.05) is 13.2 Å². The number of hydrogen-bond donors (Lipinski definition) is 6. The molecule has 9 heteroatoms. The van der Waals surface area contributed by atoms with E-state index in [-0.39, 0.29) is 12.5 Å². The van der Waals surface area contributed by atoms with Gasteiger partial charge < -0.3 is 40.3 Å². The number of carbonyl (C=O) groups excluding carboxylic acids is 1. The van der Waals surface area contributed by atoms with Crippen LogP contribution >= 0.6 is 0 Å². The van der Waals surface area contributed by atoms with Crippen molar-refractivity contribution in [3.05, 3.63) is 0 Å². The highest BCUT2D eigenvalue weighted by molar-refractivity contribution is 5.76. The molecule has 1 aliphatic heterocycles. The van der Waals surface area contributed by atoms with Gasteiger partial charge in [0.25, 0.3) is 0 Å². The molecule has 9 nitrogen and oxygen atoms in total. The minimum absolute atomic E-state index is 0.132. The molecule has 0 bridgehead atoms. The average molecular weight is 969 g/mol. The van der Waals surface area contributed by atoms with Gasteiger partial charge in [0.1, 0.15) is 24.4 Å². The molecule has 0 aliphatic carbocycles. The highest BCUT2D eigenvalue weighted by Gasteiger charge is 2.44. The Morgan fingerprint density at radius 3 is 1.04 bits per heavy atom. The van der Waals surface area contributed by atoms with E-state index in [0.29, 0.717) is 12.8 Å². The molecule has 0 aromatic rings. The van der Waals surface area contributed by atoms with Crippen molar-refractivity contribution < 1.29 is 39.8 Å². The van der Waals surface area contributed by atoms with E-state index in [9.17, 15) is 30.3 Å². The Kier molecular flexibility index (Phi) is 47.7. The van der Waals surface area contributed by atoms with Gasteiger partial charge >= 0.3 is 0 Å². The van der Waals surface area contributed by atoms with Crippen molar-refractivity contribution in [2.24, 2.45) is 0 Å². The molecule has 1 heterocycles. The minimum Gasteiger partial charge on any atom is -0.394 e. The molecule has 6 N–H and O–H groups in total. The molecule has 1 rings (SSSR count). The summed E-state index contributed by atoms with van der Waals surface area (Å²) in [4.78, 5) is 13.0. The first kappa shape index (κ1) is 65.2. The predicted octanol–water partition coefficient (Wildman–Crippen LogP) is 15.0. The Morgan fingerprint density at radius 1 is 0.441 bits per heavy atom. The van der Waals surface area contributed by atoms with Crippen molar-refractivity contribution >= 4 is 5.91 Å². The minimum atomic E-state index is -1.55. The lowest BCUT2D eigenvalue weighted by Gasteiger charge is -2.40. The second-order valence-corrected chi connectivity index (χ2v) is 21.5. The summed E-state index contributed by atoms with van der Waals surface area (Å²) in [5, 5.41) is 54.5. The van der Waals surface area contributed by atoms with Crippen LogP contribution in [0.3, 0.4) is 0 Å². The molecule has 68 heavy (non-hydrogen) atoms. The molecule has 7 atom stereocenters. The van der Waals surface area contributed by atoms with Crippen LogP contribution in [0.15, 0.2) is 0 Å². The third kappa shape index (κ3) is 38.8. The van der Waals surface area contributed by atoms with Gasteiger partial charge in [-0.1, -0.05) is 296 Å². The van der Waals surface area contributed by atoms with Crippen LogP contribution in [0, 0.1) is 0 Å². The Morgan fingerprint density at radius 2 is 0.735 bits per heavy atom. The lowest BCUT2D eigenvalue weighted by atomic mass is 9.99. The van der Waals surface area contributed by atoms with Gasteiger partial charge in [-0.05, 0) is 12.8 Å². The number of ether oxygens (including phenoxy) is 2. The van der Waals surface area contributed by atoms with Crippen molar-refractivity contribution in [2.45, 2.75) is 358 Å². The highest BCUT2D eigenvalue weighted by Crippen LogP contribution is 2.24. The van der Waals surface area contributed by atoms with Gasteiger partial charge in [-0.15, -0.1) is 0 Å². The third-order valence-corrected chi connectivity index (χ3v) is 15.0. The fourth-order valence-corrected chi connectivity index (χ4v) is 10.2. The second kappa shape index (κ2) is 49.8. The summed E-state index contributed by atoms with van der Waals surface area (Å²) in [6.07, 6.45) is 53.2. The molecule has 2 unspecified atom stereocenters. The molecule has 1 aliphatic rings. The number of nitrogens with one attached hydrogen (secondary N) is 1. The van der Waals surface area contributed by atoms with Crippen LogP contribution in [-0.2, 0) is 14.3 Å². The van der Waals surface area contributed by atoms with Crippen molar-refractivity contribution in [3.63, 3.8) is 0 Å². The maximum absolute atomic E-state index is 13.0. The van der Waals surface area contributed by atoms with Crippen LogP contribution in [0.25, 0.3) is 0 Å². The van der Waals surface area contributed by atoms with Gasteiger partial charge in [0.2, 0.25) is 5.91 Å². The van der Waals surface area contributed by atoms with Gasteiger partial charge in [0.05, 0.1) is 25.4 Å². The average Bonchev–Trinajstić information content (AvgIpc) is 3.34. The SMILES string of the molecule is CCCCCCCCCCCCCCCCCCCCCCCCCCCCCCCCCCCCC(=O)N[C@@H](CO[C@@H]1O[C@H](CO)[C@H](O)C(O)C1O)[C@H](O)CCCCCCCCCCCCC. The summed E-state index contributed by atoms with van der Waals surface area (Å²) in [6, 6.07) is -0.712. The van der Waals surface area contributed by atoms with Crippen LogP contribution in [-0.4, -0.2) is 87.5 Å². The Hall–Kier alpha value is -0.810. The van der Waals surface area contributed by atoms with E-state index in [4.69, 9.17) is 9.47 Å². The first-order valence-electron chi connectivity index (χ1n) is 30.2. The number of carbonyl (C=O) groups is 1. The number of hydrogen-bond acceptors (Lipinski definition) is 8. The lowest BCUT2D eigenvalue weighted by Crippen LogP contribution is -2.60. The summed E-state index contributed by atoms with van der Waals surface area (Å²) in [5.41, 5.74) is 0. The van der Waals surface area contributed by atoms with Crippen LogP contribution in [0.4, 0.5) is 0 Å². The molecular weight excluding hydrogens is 851 g/mol. The second-order valence-electron chi connectivity index (χ2n) is 21.5. The monoisotopic (exact) mass is 968 g/mol. The standard InChI is InChI=1S/C59H117NO8/c1-3-5-7-9-11-13-15-16-17-18-19-20-21-22-23-24-25-26-27-28-29-30-31-32-33-34-35-36-37-39-41-43-45-47-49-55(63)60-52(51-67-59-58(66)57(65)56(64)54(50-61)68-59)53(62)48-46-44-42-40-38-14-12-10-8-6-4-2/h52-54,56-59,61-62,64-66H,3-51H2,1-2H3,(H,60,63)/t52-,53+,54+,56-,57?,58?,59+/m0/s1. The van der Waals surface area contributed by atoms with E-state index < -0.39 is 49.5 Å². The molecule has 0 aromatic heterocycles. The van der Waals surface area contributed by atoms with E-state index in [1.165, 1.54) is 250 Å². The van der Waals surface area contributed by atoms with E-state index in [1.807, 2.05) is 0 Å². The smallest absolute Gasteiger partial charge is 0.220 e. The Labute approximate surface area is 421 Å². The van der Waals surface area contributed by atoms with Crippen LogP contribution in [0.1, 0.15) is 316 Å². The first-order valence-corrected chi connectivity index (χ1v) is 30.2. The molecule has 406 valence electrons. The molecule has 1 saturated heterocycles. The molecular formula is C59H117NO8. The topological polar surface area (TPSA) is 149 Å². The maximum atomic E-state index is 13.0. The number of amides is 1. The van der Waals surface area contributed by atoms with E-state index in [0.717, 1.165) is 38.5 Å². The zero-order valence-corrected chi connectivity index (χ0v) is 45.2. The molecule has 1 fully saturated rings. The van der Waals surface area contributed by atoms with E-state index in [2.05, 4.69) is 19.2 Å². The summed E-state index contributed by atoms with van der Waals surface area (Å²) in [6.45, 7) is 3.86. The third-order valence-electron chi connectivity index (χ3n) is 15.0. The number of aliphatic hydroxyl groups excluding tert-OH is 5. The summed E-state index contributed by atoms with van der Waals surface area (Å²) >= 11 is 0. The predicted molar refractivity (Wildman–Crippen MR) is 286 cm³/mol. The first-order chi connectivity index (χ1) is 33.3. The number of unbranched alkanes of at least 4 members (excludes halogenated alkanes) is 43. The van der Waals surface area contributed by atoms with Gasteiger partial charge in [-0.3, -0.25) is 4.79 Å². The van der Waals surface area contributed by atoms with E-state index >= 15 is 0 Å². The van der Waals surface area contributed by atoms with Gasteiger partial charge in [0.15, 0.2) is 6.29 Å². The summed E-state index contributed by atoms with van der Waals surface area (Å²) < 4.78 is 11.3. The largest absolute Gasteiger partial charge is 0.394 e. The van der Waals surface area contributed by atoms with Crippen molar-refractivity contribution in [3.8, 4) is 0 Å². The van der Waals surface area contributed by atoms with Crippen molar-refractivity contribution in [1.82, 2.24) is 5.32 Å². The molecule has 0 aromatic carbocycles. The van der Waals surface area contributed by atoms with Crippen LogP contribution in [0.5, 0.6) is 0 Å². The quantitative estimate of drug-likeness (QED) is 0.0330. The van der Waals surface area contributed by atoms with Crippen LogP contribution in [0.2, 0.25) is 0 Å². The maximum Gasteiger partial charge on any atom is 0.220 e. The zero-order chi connectivity index (χ0) is 49.4. The van der Waals surface area contributed by atoms with Gasteiger partial charge in [-0.25, -0.2) is 0 Å². The lowest BCUT2D eigenvalue weighted by molar-refractivity contribution is -0.302. The zero-order valence-electron chi connectivity index (χ0n) is 45.2. The number of aliphatic hydroxyl groups is 5. The molecule has 0 radical (unpaired) electrons. The summed E-state index contributed by atoms with van der Waals surface area (Å²) in [7, 11) is 0. The molecule has 0 saturated carbocycles. The van der Waals surface area contributed by atoms with E-state index in [1.54, 1.807) is 0 Å². The fourth-order valence-electron chi connectivity index (χ4n) is 10.2. The van der Waals surface area contributed by atoms with Gasteiger partial charge in [-0.2, -0.15) is 0 Å². The normalized spacial score (nSPS) is 19.4. The molecule has 1 amide bonds. The molecule has 0 spiro atoms. The van der Waals surface area contributed by atoms with Crippen LogP contribution < -0.4 is 5.32 Å². The summed E-state index contributed by atoms with van der Waals surface area (Å²) in [5.74, 6) is -0.138. The number of rotatable bonds is 53. The van der Waals surface area contributed by atoms with Crippen molar-refractivity contribution in [1.29, 1.82) is 0 Å². The van der Waals surface area contributed by atoms with Gasteiger partial charge in [0, 0.05) is 6.42 Å². The Balaban J connectivity index is 2.03. The fraction of sp³-hybridized carbons (Fsp3) is 0.983. The highest BCUT2D eigenvalue weighted by atomic mass is 16.7.